The number of amides is 1. The van der Waals surface area contributed by atoms with Gasteiger partial charge in [0.2, 0.25) is 5.91 Å². The van der Waals surface area contributed by atoms with Gasteiger partial charge in [-0.25, -0.2) is 4.39 Å². The summed E-state index contributed by atoms with van der Waals surface area (Å²) in [7, 11) is 0. The van der Waals surface area contributed by atoms with Gasteiger partial charge in [-0.05, 0) is 44.4 Å². The number of hydrogen-bond donors (Lipinski definition) is 2. The highest BCUT2D eigenvalue weighted by Crippen LogP contribution is 2.32. The molecule has 4 nitrogen and oxygen atoms in total. The Balaban J connectivity index is 2.27. The van der Waals surface area contributed by atoms with Crippen LogP contribution in [0.25, 0.3) is 0 Å². The second-order valence-electron chi connectivity index (χ2n) is 6.08. The third-order valence-electron chi connectivity index (χ3n) is 4.40. The van der Waals surface area contributed by atoms with Gasteiger partial charge in [0, 0.05) is 24.7 Å². The van der Waals surface area contributed by atoms with Crippen LogP contribution >= 0.6 is 0 Å². The molecule has 116 valence electrons. The summed E-state index contributed by atoms with van der Waals surface area (Å²) in [6.07, 6.45) is 1.74. The van der Waals surface area contributed by atoms with Crippen molar-refractivity contribution < 1.29 is 9.18 Å². The molecule has 1 saturated heterocycles. The molecule has 1 amide bonds. The van der Waals surface area contributed by atoms with Crippen molar-refractivity contribution in [3.63, 3.8) is 0 Å². The van der Waals surface area contributed by atoms with Crippen molar-refractivity contribution in [3.8, 4) is 0 Å². The number of benzene rings is 1. The normalized spacial score (nSPS) is 26.3. The number of rotatable bonds is 4. The number of primary amides is 1. The zero-order chi connectivity index (χ0) is 15.6. The fourth-order valence-corrected chi connectivity index (χ4v) is 3.21. The van der Waals surface area contributed by atoms with Gasteiger partial charge in [-0.2, -0.15) is 0 Å². The van der Waals surface area contributed by atoms with Crippen LogP contribution in [0.2, 0.25) is 0 Å². The van der Waals surface area contributed by atoms with E-state index in [4.69, 9.17) is 11.5 Å². The first kappa shape index (κ1) is 15.9. The quantitative estimate of drug-likeness (QED) is 0.889. The highest BCUT2D eigenvalue weighted by Gasteiger charge is 2.35. The molecule has 0 aliphatic carbocycles. The van der Waals surface area contributed by atoms with Crippen LogP contribution in [0.4, 0.5) is 4.39 Å². The molecule has 1 aromatic rings. The van der Waals surface area contributed by atoms with Crippen molar-refractivity contribution >= 4 is 5.91 Å². The number of nitrogens with two attached hydrogens (primary N) is 2. The molecule has 4 atom stereocenters. The fourth-order valence-electron chi connectivity index (χ4n) is 3.21. The number of carbonyl (C=O) groups excluding carboxylic acids is 1. The van der Waals surface area contributed by atoms with E-state index < -0.39 is 0 Å². The average molecular weight is 293 g/mol. The van der Waals surface area contributed by atoms with Gasteiger partial charge in [0.1, 0.15) is 5.82 Å². The molecule has 1 fully saturated rings. The van der Waals surface area contributed by atoms with Crippen molar-refractivity contribution in [1.82, 2.24) is 4.90 Å². The van der Waals surface area contributed by atoms with Crippen molar-refractivity contribution in [3.05, 3.63) is 35.6 Å². The lowest BCUT2D eigenvalue weighted by Crippen LogP contribution is -2.51. The molecule has 4 N–H and O–H groups in total. The Morgan fingerprint density at radius 2 is 1.95 bits per heavy atom. The van der Waals surface area contributed by atoms with E-state index >= 15 is 0 Å². The molecule has 1 aromatic carbocycles. The molecular weight excluding hydrogens is 269 g/mol. The Kier molecular flexibility index (Phi) is 4.96. The van der Waals surface area contributed by atoms with E-state index in [1.165, 1.54) is 12.1 Å². The van der Waals surface area contributed by atoms with E-state index in [-0.39, 0.29) is 29.7 Å². The lowest BCUT2D eigenvalue weighted by molar-refractivity contribution is -0.124. The van der Waals surface area contributed by atoms with Crippen LogP contribution in [0.3, 0.4) is 0 Å². The molecule has 21 heavy (non-hydrogen) atoms. The smallest absolute Gasteiger partial charge is 0.221 e. The first-order valence-electron chi connectivity index (χ1n) is 7.46. The van der Waals surface area contributed by atoms with Gasteiger partial charge >= 0.3 is 0 Å². The van der Waals surface area contributed by atoms with Gasteiger partial charge in [-0.1, -0.05) is 12.1 Å². The molecule has 0 radical (unpaired) electrons. The third-order valence-corrected chi connectivity index (χ3v) is 4.40. The van der Waals surface area contributed by atoms with E-state index in [2.05, 4.69) is 11.8 Å². The fraction of sp³-hybridized carbons (Fsp3) is 0.562. The maximum Gasteiger partial charge on any atom is 0.221 e. The van der Waals surface area contributed by atoms with Crippen molar-refractivity contribution in [2.75, 3.05) is 6.54 Å². The van der Waals surface area contributed by atoms with Gasteiger partial charge in [0.05, 0.1) is 5.92 Å². The first-order chi connectivity index (χ1) is 9.90. The Hall–Kier alpha value is -1.46. The molecule has 5 heteroatoms. The van der Waals surface area contributed by atoms with E-state index in [1.54, 1.807) is 12.1 Å². The number of halogens is 1. The lowest BCUT2D eigenvalue weighted by atomic mass is 9.88. The molecule has 1 aliphatic heterocycles. The van der Waals surface area contributed by atoms with Gasteiger partial charge in [-0.3, -0.25) is 9.69 Å². The number of nitrogens with zero attached hydrogens (tertiary/aromatic N) is 1. The number of likely N-dealkylation sites (tertiary alicyclic amines) is 1. The second kappa shape index (κ2) is 6.54. The van der Waals surface area contributed by atoms with E-state index in [0.717, 1.165) is 18.4 Å². The lowest BCUT2D eigenvalue weighted by Gasteiger charge is -2.43. The maximum atomic E-state index is 13.1. The van der Waals surface area contributed by atoms with Crippen LogP contribution in [0.1, 0.15) is 38.3 Å². The van der Waals surface area contributed by atoms with Gasteiger partial charge in [0.15, 0.2) is 0 Å². The van der Waals surface area contributed by atoms with Crippen molar-refractivity contribution in [2.24, 2.45) is 17.4 Å². The molecule has 0 saturated carbocycles. The Labute approximate surface area is 125 Å². The summed E-state index contributed by atoms with van der Waals surface area (Å²) in [6.45, 7) is 4.69. The van der Waals surface area contributed by atoms with Crippen molar-refractivity contribution in [2.45, 2.75) is 44.8 Å². The minimum atomic E-state index is -0.260. The summed E-state index contributed by atoms with van der Waals surface area (Å²) >= 11 is 0. The third kappa shape index (κ3) is 3.60. The zero-order valence-corrected chi connectivity index (χ0v) is 12.6. The SMILES string of the molecule is CC(N)C(c1ccc(F)cc1)N1CC(C(N)=O)CCC1C. The molecule has 1 heterocycles. The molecule has 0 aromatic heterocycles. The first-order valence-corrected chi connectivity index (χ1v) is 7.46. The Morgan fingerprint density at radius 1 is 1.33 bits per heavy atom. The van der Waals surface area contributed by atoms with E-state index in [1.807, 2.05) is 6.92 Å². The van der Waals surface area contributed by atoms with Crippen molar-refractivity contribution in [1.29, 1.82) is 0 Å². The van der Waals surface area contributed by atoms with Crippen LogP contribution < -0.4 is 11.5 Å². The van der Waals surface area contributed by atoms with Crippen LogP contribution in [0.15, 0.2) is 24.3 Å². The van der Waals surface area contributed by atoms with Gasteiger partial charge in [0.25, 0.3) is 0 Å². The number of hydrogen-bond acceptors (Lipinski definition) is 3. The summed E-state index contributed by atoms with van der Waals surface area (Å²) in [5, 5.41) is 0. The van der Waals surface area contributed by atoms with Crippen LogP contribution in [0.5, 0.6) is 0 Å². The largest absolute Gasteiger partial charge is 0.369 e. The monoisotopic (exact) mass is 293 g/mol. The zero-order valence-electron chi connectivity index (χ0n) is 12.6. The molecular formula is C16H24FN3O. The molecule has 4 unspecified atom stereocenters. The number of carbonyl (C=O) groups is 1. The minimum absolute atomic E-state index is 0.0391. The average Bonchev–Trinajstić information content (AvgIpc) is 2.42. The minimum Gasteiger partial charge on any atom is -0.369 e. The molecule has 1 aliphatic rings. The maximum absolute atomic E-state index is 13.1. The summed E-state index contributed by atoms with van der Waals surface area (Å²) in [5.41, 5.74) is 12.6. The van der Waals surface area contributed by atoms with Gasteiger partial charge in [-0.15, -0.1) is 0 Å². The molecule has 0 bridgehead atoms. The highest BCUT2D eigenvalue weighted by molar-refractivity contribution is 5.77. The predicted molar refractivity (Wildman–Crippen MR) is 80.9 cm³/mol. The second-order valence-corrected chi connectivity index (χ2v) is 6.08. The topological polar surface area (TPSA) is 72.3 Å². The summed E-state index contributed by atoms with van der Waals surface area (Å²) in [5.74, 6) is -0.652. The summed E-state index contributed by atoms with van der Waals surface area (Å²) in [4.78, 5) is 13.7. The summed E-state index contributed by atoms with van der Waals surface area (Å²) < 4.78 is 13.1. The van der Waals surface area contributed by atoms with Crippen LogP contribution in [-0.2, 0) is 4.79 Å². The molecule has 2 rings (SSSR count). The Bertz CT molecular complexity index is 489. The van der Waals surface area contributed by atoms with Gasteiger partial charge < -0.3 is 11.5 Å². The van der Waals surface area contributed by atoms with Crippen LogP contribution in [-0.4, -0.2) is 29.4 Å². The van der Waals surface area contributed by atoms with E-state index in [0.29, 0.717) is 12.6 Å². The predicted octanol–water partition coefficient (Wildman–Crippen LogP) is 1.80. The highest BCUT2D eigenvalue weighted by atomic mass is 19.1. The Morgan fingerprint density at radius 3 is 2.48 bits per heavy atom. The van der Waals surface area contributed by atoms with Crippen LogP contribution in [0, 0.1) is 11.7 Å². The van der Waals surface area contributed by atoms with E-state index in [9.17, 15) is 9.18 Å². The summed E-state index contributed by atoms with van der Waals surface area (Å²) in [6, 6.07) is 6.60. The standard InChI is InChI=1S/C16H24FN3O/c1-10-3-4-13(16(19)21)9-20(10)15(11(2)18)12-5-7-14(17)8-6-12/h5-8,10-11,13,15H,3-4,9,18H2,1-2H3,(H2,19,21). The number of piperidine rings is 1. The molecule has 0 spiro atoms.